The van der Waals surface area contributed by atoms with Crippen LogP contribution >= 0.6 is 0 Å². The van der Waals surface area contributed by atoms with Crippen molar-refractivity contribution >= 4 is 21.4 Å². The van der Waals surface area contributed by atoms with E-state index in [2.05, 4.69) is 10.6 Å². The number of rotatable bonds is 5. The van der Waals surface area contributed by atoms with Crippen LogP contribution < -0.4 is 10.6 Å². The van der Waals surface area contributed by atoms with Crippen molar-refractivity contribution < 1.29 is 13.2 Å². The van der Waals surface area contributed by atoms with E-state index in [4.69, 9.17) is 0 Å². The van der Waals surface area contributed by atoms with Gasteiger partial charge in [-0.15, -0.1) is 0 Å². The maximum absolute atomic E-state index is 12.0. The van der Waals surface area contributed by atoms with Crippen molar-refractivity contribution in [3.05, 3.63) is 29.8 Å². The minimum absolute atomic E-state index is 0.0304. The first-order valence-corrected chi connectivity index (χ1v) is 8.63. The van der Waals surface area contributed by atoms with Gasteiger partial charge in [-0.2, -0.15) is 0 Å². The number of sulfone groups is 1. The van der Waals surface area contributed by atoms with E-state index in [1.54, 1.807) is 0 Å². The normalized spacial score (nSPS) is 20.8. The molecule has 6 heteroatoms. The number of carbonyl (C=O) groups is 1. The molecule has 2 rings (SSSR count). The van der Waals surface area contributed by atoms with Gasteiger partial charge < -0.3 is 10.6 Å². The van der Waals surface area contributed by atoms with Crippen LogP contribution in [0, 0.1) is 5.92 Å². The third-order valence-electron chi connectivity index (χ3n) is 3.40. The molecular formula is C14H20N2O3S. The molecule has 1 atom stereocenters. The van der Waals surface area contributed by atoms with Gasteiger partial charge in [-0.3, -0.25) is 4.79 Å². The molecular weight excluding hydrogens is 276 g/mol. The summed E-state index contributed by atoms with van der Waals surface area (Å²) in [7, 11) is -3.02. The van der Waals surface area contributed by atoms with E-state index in [1.807, 2.05) is 31.2 Å². The summed E-state index contributed by atoms with van der Waals surface area (Å²) >= 11 is 0. The molecule has 1 unspecified atom stereocenters. The number of nitrogens with one attached hydrogen (secondary N) is 2. The molecule has 1 heterocycles. The standard InChI is InChI=1S/C14H20N2O3S/c1-2-15-9-11-3-5-13(6-4-11)16-14(17)12-7-8-20(18,19)10-12/h3-6,12,15H,2,7-10H2,1H3,(H,16,17). The Bertz CT molecular complexity index is 567. The van der Waals surface area contributed by atoms with Gasteiger partial charge in [-0.25, -0.2) is 8.42 Å². The third-order valence-corrected chi connectivity index (χ3v) is 5.17. The molecule has 0 spiro atoms. The number of anilines is 1. The molecule has 5 nitrogen and oxygen atoms in total. The molecule has 1 fully saturated rings. The van der Waals surface area contributed by atoms with Gasteiger partial charge in [0.05, 0.1) is 17.4 Å². The van der Waals surface area contributed by atoms with Gasteiger partial charge in [0.2, 0.25) is 5.91 Å². The maximum atomic E-state index is 12.0. The lowest BCUT2D eigenvalue weighted by molar-refractivity contribution is -0.119. The fourth-order valence-corrected chi connectivity index (χ4v) is 3.96. The highest BCUT2D eigenvalue weighted by Gasteiger charge is 2.32. The predicted octanol–water partition coefficient (Wildman–Crippen LogP) is 1.17. The maximum Gasteiger partial charge on any atom is 0.228 e. The molecule has 0 radical (unpaired) electrons. The van der Waals surface area contributed by atoms with Crippen LogP contribution in [0.1, 0.15) is 18.9 Å². The van der Waals surface area contributed by atoms with Gasteiger partial charge >= 0.3 is 0 Å². The second kappa shape index (κ2) is 6.37. The molecule has 0 aliphatic carbocycles. The Hall–Kier alpha value is -1.40. The van der Waals surface area contributed by atoms with Crippen LogP contribution in [-0.4, -0.2) is 32.4 Å². The molecule has 20 heavy (non-hydrogen) atoms. The first-order valence-electron chi connectivity index (χ1n) is 6.81. The zero-order valence-corrected chi connectivity index (χ0v) is 12.4. The number of carbonyl (C=O) groups excluding carboxylic acids is 1. The van der Waals surface area contributed by atoms with Crippen LogP contribution in [0.4, 0.5) is 5.69 Å². The Morgan fingerprint density at radius 1 is 1.30 bits per heavy atom. The second-order valence-corrected chi connectivity index (χ2v) is 7.30. The zero-order valence-electron chi connectivity index (χ0n) is 11.6. The average molecular weight is 296 g/mol. The first kappa shape index (κ1) is 15.0. The first-order chi connectivity index (χ1) is 9.50. The van der Waals surface area contributed by atoms with E-state index in [0.29, 0.717) is 12.1 Å². The molecule has 0 saturated carbocycles. The summed E-state index contributed by atoms with van der Waals surface area (Å²) in [5, 5.41) is 6.01. The number of amides is 1. The Kier molecular flexibility index (Phi) is 4.77. The monoisotopic (exact) mass is 296 g/mol. The number of hydrogen-bond acceptors (Lipinski definition) is 4. The van der Waals surface area contributed by atoms with Crippen LogP contribution in [0.5, 0.6) is 0 Å². The van der Waals surface area contributed by atoms with Crippen molar-refractivity contribution in [1.29, 1.82) is 0 Å². The summed E-state index contributed by atoms with van der Waals surface area (Å²) in [4.78, 5) is 12.0. The van der Waals surface area contributed by atoms with E-state index in [-0.39, 0.29) is 17.4 Å². The van der Waals surface area contributed by atoms with Gasteiger partial charge in [-0.1, -0.05) is 19.1 Å². The SMILES string of the molecule is CCNCc1ccc(NC(=O)C2CCS(=O)(=O)C2)cc1. The van der Waals surface area contributed by atoms with E-state index in [0.717, 1.165) is 18.7 Å². The summed E-state index contributed by atoms with van der Waals surface area (Å²) in [6.45, 7) is 3.75. The molecule has 1 aliphatic rings. The van der Waals surface area contributed by atoms with Crippen LogP contribution in [0.3, 0.4) is 0 Å². The van der Waals surface area contributed by atoms with Gasteiger partial charge in [0.1, 0.15) is 0 Å². The molecule has 1 saturated heterocycles. The second-order valence-electron chi connectivity index (χ2n) is 5.07. The number of benzene rings is 1. The van der Waals surface area contributed by atoms with E-state index >= 15 is 0 Å². The van der Waals surface area contributed by atoms with Crippen LogP contribution in [0.15, 0.2) is 24.3 Å². The third kappa shape index (κ3) is 4.05. The lowest BCUT2D eigenvalue weighted by atomic mass is 10.1. The highest BCUT2D eigenvalue weighted by Crippen LogP contribution is 2.20. The van der Waals surface area contributed by atoms with Crippen molar-refractivity contribution in [2.45, 2.75) is 19.9 Å². The summed E-state index contributed by atoms with van der Waals surface area (Å²) < 4.78 is 22.7. The molecule has 0 bridgehead atoms. The zero-order chi connectivity index (χ0) is 14.6. The van der Waals surface area contributed by atoms with Crippen molar-refractivity contribution in [2.24, 2.45) is 5.92 Å². The molecule has 2 N–H and O–H groups in total. The largest absolute Gasteiger partial charge is 0.326 e. The smallest absolute Gasteiger partial charge is 0.228 e. The number of hydrogen-bond donors (Lipinski definition) is 2. The molecule has 0 aromatic heterocycles. The van der Waals surface area contributed by atoms with E-state index < -0.39 is 15.8 Å². The van der Waals surface area contributed by atoms with E-state index in [1.165, 1.54) is 0 Å². The molecule has 110 valence electrons. The quantitative estimate of drug-likeness (QED) is 0.855. The van der Waals surface area contributed by atoms with Crippen molar-refractivity contribution in [3.8, 4) is 0 Å². The topological polar surface area (TPSA) is 75.3 Å². The van der Waals surface area contributed by atoms with Crippen LogP contribution in [-0.2, 0) is 21.2 Å². The average Bonchev–Trinajstić information content (AvgIpc) is 2.78. The predicted molar refractivity (Wildman–Crippen MR) is 79.2 cm³/mol. The van der Waals surface area contributed by atoms with Gasteiger partial charge in [-0.05, 0) is 30.7 Å². The summed E-state index contributed by atoms with van der Waals surface area (Å²) in [5.41, 5.74) is 1.85. The summed E-state index contributed by atoms with van der Waals surface area (Å²) in [6, 6.07) is 7.58. The highest BCUT2D eigenvalue weighted by molar-refractivity contribution is 7.91. The Morgan fingerprint density at radius 3 is 2.55 bits per heavy atom. The van der Waals surface area contributed by atoms with Crippen molar-refractivity contribution in [3.63, 3.8) is 0 Å². The lowest BCUT2D eigenvalue weighted by Gasteiger charge is -2.10. The summed E-state index contributed by atoms with van der Waals surface area (Å²) in [6.07, 6.45) is 0.423. The molecule has 1 aromatic carbocycles. The van der Waals surface area contributed by atoms with Crippen molar-refractivity contribution in [1.82, 2.24) is 5.32 Å². The minimum Gasteiger partial charge on any atom is -0.326 e. The molecule has 1 aliphatic heterocycles. The van der Waals surface area contributed by atoms with Gasteiger partial charge in [0.25, 0.3) is 0 Å². The summed E-state index contributed by atoms with van der Waals surface area (Å²) in [5.74, 6) is -0.531. The molecule has 1 amide bonds. The van der Waals surface area contributed by atoms with E-state index in [9.17, 15) is 13.2 Å². The lowest BCUT2D eigenvalue weighted by Crippen LogP contribution is -2.23. The Labute approximate surface area is 119 Å². The fourth-order valence-electron chi connectivity index (χ4n) is 2.22. The minimum atomic E-state index is -3.02. The Balaban J connectivity index is 1.91. The van der Waals surface area contributed by atoms with Gasteiger partial charge in [0.15, 0.2) is 9.84 Å². The highest BCUT2D eigenvalue weighted by atomic mass is 32.2. The fraction of sp³-hybridized carbons (Fsp3) is 0.500. The Morgan fingerprint density at radius 2 is 2.00 bits per heavy atom. The van der Waals surface area contributed by atoms with Crippen LogP contribution in [0.25, 0.3) is 0 Å². The van der Waals surface area contributed by atoms with Gasteiger partial charge in [0, 0.05) is 12.2 Å². The van der Waals surface area contributed by atoms with Crippen molar-refractivity contribution in [2.75, 3.05) is 23.4 Å². The molecule has 1 aromatic rings. The van der Waals surface area contributed by atoms with Crippen LogP contribution in [0.2, 0.25) is 0 Å².